The topological polar surface area (TPSA) is 66.4 Å². The lowest BCUT2D eigenvalue weighted by Gasteiger charge is -2.52. The largest absolute Gasteiger partial charge is 0.497 e. The van der Waals surface area contributed by atoms with E-state index < -0.39 is 23.6 Å². The number of rotatable bonds is 12. The molecule has 0 aliphatic carbocycles. The molecule has 0 spiro atoms. The summed E-state index contributed by atoms with van der Waals surface area (Å²) in [6.45, 7) is 13.4. The monoisotopic (exact) mass is 500 g/mol. The maximum absolute atomic E-state index is 11.8. The number of hydrogen-bond donors (Lipinski definition) is 1. The van der Waals surface area contributed by atoms with Crippen molar-refractivity contribution < 1.29 is 28.8 Å². The predicted octanol–water partition coefficient (Wildman–Crippen LogP) is 5.75. The Kier molecular flexibility index (Phi) is 9.95. The van der Waals surface area contributed by atoms with E-state index in [1.165, 1.54) is 0 Å². The Morgan fingerprint density at radius 2 is 1.64 bits per heavy atom. The highest BCUT2D eigenvalue weighted by atomic mass is 16.7. The average Bonchev–Trinajstić information content (AvgIpc) is 2.86. The molecule has 1 aliphatic rings. The van der Waals surface area contributed by atoms with Crippen LogP contribution in [0.4, 0.5) is 0 Å². The smallest absolute Gasteiger partial charge is 0.163 e. The van der Waals surface area contributed by atoms with Crippen molar-refractivity contribution in [3.05, 3.63) is 65.7 Å². The number of benzene rings is 2. The fraction of sp³-hybridized carbons (Fsp3) is 0.600. The van der Waals surface area contributed by atoms with Gasteiger partial charge in [0.2, 0.25) is 0 Å². The van der Waals surface area contributed by atoms with Gasteiger partial charge in [-0.25, -0.2) is 0 Å². The molecule has 1 heterocycles. The Balaban J connectivity index is 1.67. The average molecular weight is 501 g/mol. The lowest BCUT2D eigenvalue weighted by atomic mass is 9.77. The molecule has 3 rings (SSSR count). The minimum atomic E-state index is -1.22. The minimum absolute atomic E-state index is 0.0676. The van der Waals surface area contributed by atoms with Gasteiger partial charge in [0.25, 0.3) is 0 Å². The van der Waals surface area contributed by atoms with E-state index in [-0.39, 0.29) is 17.9 Å². The third kappa shape index (κ3) is 7.30. The Labute approximate surface area is 216 Å². The second kappa shape index (κ2) is 12.5. The van der Waals surface area contributed by atoms with E-state index in [4.69, 9.17) is 23.7 Å². The molecule has 0 aromatic heterocycles. The molecule has 0 saturated carbocycles. The molecular formula is C30H44O6. The molecular weight excluding hydrogens is 456 g/mol. The number of aliphatic hydroxyl groups is 1. The van der Waals surface area contributed by atoms with Gasteiger partial charge in [-0.2, -0.15) is 0 Å². The Morgan fingerprint density at radius 3 is 2.25 bits per heavy atom. The van der Waals surface area contributed by atoms with Crippen molar-refractivity contribution in [1.29, 1.82) is 0 Å². The third-order valence-electron chi connectivity index (χ3n) is 7.09. The summed E-state index contributed by atoms with van der Waals surface area (Å²) < 4.78 is 30.3. The zero-order valence-corrected chi connectivity index (χ0v) is 22.9. The van der Waals surface area contributed by atoms with Gasteiger partial charge in [0.05, 0.1) is 45.2 Å². The first-order valence-corrected chi connectivity index (χ1v) is 13.0. The molecule has 6 heteroatoms. The molecule has 2 aromatic carbocycles. The molecule has 1 saturated heterocycles. The summed E-state index contributed by atoms with van der Waals surface area (Å²) in [6.07, 6.45) is -0.368. The molecule has 1 N–H and O–H groups in total. The second-order valence-electron chi connectivity index (χ2n) is 10.6. The van der Waals surface area contributed by atoms with Crippen LogP contribution in [0.1, 0.15) is 59.1 Å². The Hall–Kier alpha value is -1.96. The SMILES string of the molecule is CC[C@H](OCc1ccc(OC)cc1)[C@@](C)(O)[C@H]1OC(C)(C)O[C@@H]([C@H](C)COCc2ccccc2)[C@@H]1C. The molecule has 200 valence electrons. The van der Waals surface area contributed by atoms with Gasteiger partial charge in [-0.05, 0) is 50.5 Å². The first-order chi connectivity index (χ1) is 17.1. The van der Waals surface area contributed by atoms with Crippen LogP contribution in [0.3, 0.4) is 0 Å². The summed E-state index contributed by atoms with van der Waals surface area (Å²) >= 11 is 0. The van der Waals surface area contributed by atoms with E-state index in [0.717, 1.165) is 16.9 Å². The summed E-state index contributed by atoms with van der Waals surface area (Å²) in [4.78, 5) is 0. The summed E-state index contributed by atoms with van der Waals surface area (Å²) in [5.41, 5.74) is 0.949. The lowest BCUT2D eigenvalue weighted by Crippen LogP contribution is -2.63. The van der Waals surface area contributed by atoms with Crippen molar-refractivity contribution in [2.75, 3.05) is 13.7 Å². The van der Waals surface area contributed by atoms with Gasteiger partial charge in [0.1, 0.15) is 11.4 Å². The van der Waals surface area contributed by atoms with Crippen molar-refractivity contribution in [2.24, 2.45) is 11.8 Å². The first-order valence-electron chi connectivity index (χ1n) is 13.0. The maximum atomic E-state index is 11.8. The highest BCUT2D eigenvalue weighted by molar-refractivity contribution is 5.26. The van der Waals surface area contributed by atoms with Crippen LogP contribution >= 0.6 is 0 Å². The van der Waals surface area contributed by atoms with Gasteiger partial charge in [-0.3, -0.25) is 0 Å². The second-order valence-corrected chi connectivity index (χ2v) is 10.6. The Bertz CT molecular complexity index is 911. The quantitative estimate of drug-likeness (QED) is 0.400. The van der Waals surface area contributed by atoms with Crippen molar-refractivity contribution in [1.82, 2.24) is 0 Å². The van der Waals surface area contributed by atoms with Crippen LogP contribution in [0, 0.1) is 11.8 Å². The zero-order valence-electron chi connectivity index (χ0n) is 22.9. The standard InChI is InChI=1S/C30H44O6/c1-8-26(34-20-24-14-16-25(32-7)17-15-24)30(6,31)28-22(3)27(35-29(4,5)36-28)21(2)18-33-19-23-12-10-9-11-13-23/h9-17,21-22,26-28,31H,8,18-20H2,1-7H3/t21-,22+,26+,27+,28+,30-/m1/s1. The molecule has 6 nitrogen and oxygen atoms in total. The molecule has 0 bridgehead atoms. The van der Waals surface area contributed by atoms with Gasteiger partial charge >= 0.3 is 0 Å². The van der Waals surface area contributed by atoms with Crippen LogP contribution in [0.15, 0.2) is 54.6 Å². The van der Waals surface area contributed by atoms with Crippen LogP contribution in [0.25, 0.3) is 0 Å². The number of hydrogen-bond acceptors (Lipinski definition) is 6. The van der Waals surface area contributed by atoms with Crippen LogP contribution in [-0.4, -0.2) is 48.5 Å². The molecule has 1 fully saturated rings. The minimum Gasteiger partial charge on any atom is -0.497 e. The molecule has 0 radical (unpaired) electrons. The summed E-state index contributed by atoms with van der Waals surface area (Å²) in [7, 11) is 1.65. The predicted molar refractivity (Wildman–Crippen MR) is 141 cm³/mol. The highest BCUT2D eigenvalue weighted by Crippen LogP contribution is 2.41. The van der Waals surface area contributed by atoms with E-state index in [2.05, 4.69) is 26.0 Å². The van der Waals surface area contributed by atoms with Crippen LogP contribution in [-0.2, 0) is 32.2 Å². The van der Waals surface area contributed by atoms with Crippen molar-refractivity contribution >= 4 is 0 Å². The Morgan fingerprint density at radius 1 is 1.00 bits per heavy atom. The summed E-state index contributed by atoms with van der Waals surface area (Å²) in [6, 6.07) is 17.9. The third-order valence-corrected chi connectivity index (χ3v) is 7.09. The molecule has 1 aliphatic heterocycles. The number of ether oxygens (including phenoxy) is 5. The van der Waals surface area contributed by atoms with E-state index in [1.54, 1.807) is 7.11 Å². The molecule has 36 heavy (non-hydrogen) atoms. The summed E-state index contributed by atoms with van der Waals surface area (Å²) in [5, 5.41) is 11.8. The normalized spacial score (nSPS) is 25.1. The van der Waals surface area contributed by atoms with Gasteiger partial charge in [-0.15, -0.1) is 0 Å². The maximum Gasteiger partial charge on any atom is 0.163 e. The fourth-order valence-corrected chi connectivity index (χ4v) is 5.17. The van der Waals surface area contributed by atoms with Crippen LogP contribution in [0.2, 0.25) is 0 Å². The van der Waals surface area contributed by atoms with Crippen molar-refractivity contribution in [2.45, 2.75) is 90.9 Å². The molecule has 6 atom stereocenters. The van der Waals surface area contributed by atoms with Crippen molar-refractivity contribution in [3.8, 4) is 5.75 Å². The molecule has 0 unspecified atom stereocenters. The van der Waals surface area contributed by atoms with Crippen LogP contribution in [0.5, 0.6) is 5.75 Å². The van der Waals surface area contributed by atoms with Gasteiger partial charge in [0, 0.05) is 11.8 Å². The van der Waals surface area contributed by atoms with Crippen molar-refractivity contribution in [3.63, 3.8) is 0 Å². The van der Waals surface area contributed by atoms with E-state index in [1.807, 2.05) is 70.2 Å². The van der Waals surface area contributed by atoms with E-state index in [0.29, 0.717) is 26.2 Å². The zero-order chi connectivity index (χ0) is 26.3. The molecule has 2 aromatic rings. The first kappa shape index (κ1) is 28.6. The number of methoxy groups -OCH3 is 1. The van der Waals surface area contributed by atoms with Gasteiger partial charge in [0.15, 0.2) is 5.79 Å². The lowest BCUT2D eigenvalue weighted by molar-refractivity contribution is -0.360. The highest BCUT2D eigenvalue weighted by Gasteiger charge is 2.52. The molecule has 0 amide bonds. The van der Waals surface area contributed by atoms with Gasteiger partial charge < -0.3 is 28.8 Å². The summed E-state index contributed by atoms with van der Waals surface area (Å²) in [5.74, 6) is 0.0122. The van der Waals surface area contributed by atoms with E-state index in [9.17, 15) is 5.11 Å². The van der Waals surface area contributed by atoms with Crippen LogP contribution < -0.4 is 4.74 Å². The fourth-order valence-electron chi connectivity index (χ4n) is 5.17. The van der Waals surface area contributed by atoms with Gasteiger partial charge in [-0.1, -0.05) is 63.2 Å². The van der Waals surface area contributed by atoms with E-state index >= 15 is 0 Å².